The molecular formula is C18H24N2O2S. The molecule has 0 amide bonds. The molecule has 0 bridgehead atoms. The van der Waals surface area contributed by atoms with Gasteiger partial charge in [0.2, 0.25) is 0 Å². The first-order valence-corrected chi connectivity index (χ1v) is 9.07. The Kier molecular flexibility index (Phi) is 5.65. The summed E-state index contributed by atoms with van der Waals surface area (Å²) in [5.74, 6) is 0.922. The van der Waals surface area contributed by atoms with E-state index >= 15 is 0 Å². The Bertz CT molecular complexity index is 618. The third-order valence-electron chi connectivity index (χ3n) is 4.05. The maximum Gasteiger partial charge on any atom is 0.119 e. The van der Waals surface area contributed by atoms with Gasteiger partial charge >= 0.3 is 0 Å². The fourth-order valence-electron chi connectivity index (χ4n) is 2.70. The van der Waals surface area contributed by atoms with Crippen LogP contribution in [0.1, 0.15) is 16.8 Å². The van der Waals surface area contributed by atoms with Crippen LogP contribution in [0.15, 0.2) is 24.3 Å². The van der Waals surface area contributed by atoms with Crippen LogP contribution in [0.4, 0.5) is 0 Å². The summed E-state index contributed by atoms with van der Waals surface area (Å²) in [6.45, 7) is 9.64. The van der Waals surface area contributed by atoms with Crippen LogP contribution in [0.2, 0.25) is 0 Å². The van der Waals surface area contributed by atoms with Gasteiger partial charge in [0.1, 0.15) is 12.4 Å². The van der Waals surface area contributed by atoms with Crippen molar-refractivity contribution < 1.29 is 9.47 Å². The Morgan fingerprint density at radius 3 is 2.61 bits per heavy atom. The highest BCUT2D eigenvalue weighted by molar-refractivity contribution is 7.12. The molecule has 1 aromatic heterocycles. The average molecular weight is 332 g/mol. The third-order valence-corrected chi connectivity index (χ3v) is 5.17. The Morgan fingerprint density at radius 2 is 1.96 bits per heavy atom. The van der Waals surface area contributed by atoms with Crippen LogP contribution in [0.5, 0.6) is 5.75 Å². The summed E-state index contributed by atoms with van der Waals surface area (Å²) >= 11 is 1.78. The van der Waals surface area contributed by atoms with Crippen molar-refractivity contribution in [1.29, 1.82) is 0 Å². The molecule has 0 N–H and O–H groups in total. The van der Waals surface area contributed by atoms with Gasteiger partial charge in [-0.05, 0) is 37.6 Å². The van der Waals surface area contributed by atoms with Crippen LogP contribution >= 0.6 is 11.3 Å². The molecule has 23 heavy (non-hydrogen) atoms. The van der Waals surface area contributed by atoms with Gasteiger partial charge in [-0.15, -0.1) is 11.3 Å². The van der Waals surface area contributed by atoms with Gasteiger partial charge in [-0.25, -0.2) is 4.98 Å². The maximum atomic E-state index is 5.86. The predicted molar refractivity (Wildman–Crippen MR) is 94.4 cm³/mol. The summed E-state index contributed by atoms with van der Waals surface area (Å²) in [5.41, 5.74) is 2.27. The minimum atomic E-state index is 0.717. The normalized spacial score (nSPS) is 15.7. The van der Waals surface area contributed by atoms with E-state index in [1.165, 1.54) is 15.4 Å². The van der Waals surface area contributed by atoms with Crippen molar-refractivity contribution in [1.82, 2.24) is 9.88 Å². The number of morpholine rings is 1. The van der Waals surface area contributed by atoms with Gasteiger partial charge in [-0.3, -0.25) is 4.90 Å². The summed E-state index contributed by atoms with van der Waals surface area (Å²) in [4.78, 5) is 8.37. The molecule has 0 unspecified atom stereocenters. The molecule has 1 aliphatic heterocycles. The quantitative estimate of drug-likeness (QED) is 0.812. The molecule has 1 aromatic carbocycles. The maximum absolute atomic E-state index is 5.86. The van der Waals surface area contributed by atoms with Crippen LogP contribution < -0.4 is 4.74 Å². The van der Waals surface area contributed by atoms with Crippen molar-refractivity contribution in [3.8, 4) is 17.0 Å². The number of rotatable bonds is 6. The van der Waals surface area contributed by atoms with Gasteiger partial charge in [0, 0.05) is 30.1 Å². The molecule has 4 nitrogen and oxygen atoms in total. The lowest BCUT2D eigenvalue weighted by molar-refractivity contribution is 0.0322. The topological polar surface area (TPSA) is 34.6 Å². The van der Waals surface area contributed by atoms with E-state index in [0.29, 0.717) is 0 Å². The second kappa shape index (κ2) is 7.90. The predicted octanol–water partition coefficient (Wildman–Crippen LogP) is 3.39. The summed E-state index contributed by atoms with van der Waals surface area (Å²) in [6.07, 6.45) is 0.994. The van der Waals surface area contributed by atoms with Gasteiger partial charge in [-0.1, -0.05) is 6.92 Å². The van der Waals surface area contributed by atoms with E-state index in [4.69, 9.17) is 14.5 Å². The molecule has 0 spiro atoms. The summed E-state index contributed by atoms with van der Waals surface area (Å²) in [5, 5.41) is 1.20. The molecular weight excluding hydrogens is 308 g/mol. The van der Waals surface area contributed by atoms with Gasteiger partial charge in [0.25, 0.3) is 0 Å². The van der Waals surface area contributed by atoms with Gasteiger partial charge in [0.05, 0.1) is 23.9 Å². The van der Waals surface area contributed by atoms with Crippen molar-refractivity contribution >= 4 is 11.3 Å². The van der Waals surface area contributed by atoms with Gasteiger partial charge < -0.3 is 9.47 Å². The largest absolute Gasteiger partial charge is 0.492 e. The first kappa shape index (κ1) is 16.4. The monoisotopic (exact) mass is 332 g/mol. The number of aromatic nitrogens is 1. The molecule has 5 heteroatoms. The Morgan fingerprint density at radius 1 is 1.22 bits per heavy atom. The minimum Gasteiger partial charge on any atom is -0.492 e. The summed E-state index contributed by atoms with van der Waals surface area (Å²) in [7, 11) is 0. The number of nitrogens with zero attached hydrogens (tertiary/aromatic N) is 2. The lowest BCUT2D eigenvalue weighted by Crippen LogP contribution is -2.38. The van der Waals surface area contributed by atoms with E-state index in [1.807, 2.05) is 12.1 Å². The molecule has 1 saturated heterocycles. The lowest BCUT2D eigenvalue weighted by Gasteiger charge is -2.26. The number of hydrogen-bond donors (Lipinski definition) is 0. The first-order chi connectivity index (χ1) is 11.3. The molecule has 0 saturated carbocycles. The highest BCUT2D eigenvalue weighted by Crippen LogP contribution is 2.29. The molecule has 3 rings (SSSR count). The van der Waals surface area contributed by atoms with Crippen molar-refractivity contribution in [3.05, 3.63) is 34.2 Å². The standard InChI is InChI=1S/C18H24N2O2S/c1-3-17-19-18(14(2)23-17)15-4-6-16(7-5-15)22-13-10-20-8-11-21-12-9-20/h4-7H,3,8-13H2,1-2H3. The van der Waals surface area contributed by atoms with Gasteiger partial charge in [-0.2, -0.15) is 0 Å². The molecule has 0 atom stereocenters. The summed E-state index contributed by atoms with van der Waals surface area (Å²) in [6, 6.07) is 8.29. The third kappa shape index (κ3) is 4.31. The van der Waals surface area contributed by atoms with Crippen molar-refractivity contribution in [2.24, 2.45) is 0 Å². The highest BCUT2D eigenvalue weighted by Gasteiger charge is 2.11. The number of ether oxygens (including phenoxy) is 2. The van der Waals surface area contributed by atoms with Crippen LogP contribution in [-0.2, 0) is 11.2 Å². The molecule has 124 valence electrons. The molecule has 2 aromatic rings. The summed E-state index contributed by atoms with van der Waals surface area (Å²) < 4.78 is 11.2. The molecule has 0 aliphatic carbocycles. The van der Waals surface area contributed by atoms with Crippen LogP contribution in [0.25, 0.3) is 11.3 Å². The Balaban J connectivity index is 1.55. The number of hydrogen-bond acceptors (Lipinski definition) is 5. The molecule has 2 heterocycles. The van der Waals surface area contributed by atoms with E-state index in [0.717, 1.165) is 57.3 Å². The zero-order valence-corrected chi connectivity index (χ0v) is 14.7. The van der Waals surface area contributed by atoms with Crippen LogP contribution in [-0.4, -0.2) is 49.3 Å². The fraction of sp³-hybridized carbons (Fsp3) is 0.500. The van der Waals surface area contributed by atoms with Crippen molar-refractivity contribution in [3.63, 3.8) is 0 Å². The van der Waals surface area contributed by atoms with Crippen LogP contribution in [0, 0.1) is 6.92 Å². The molecule has 1 fully saturated rings. The SMILES string of the molecule is CCc1nc(-c2ccc(OCCN3CCOCC3)cc2)c(C)s1. The zero-order chi connectivity index (χ0) is 16.1. The molecule has 1 aliphatic rings. The first-order valence-electron chi connectivity index (χ1n) is 8.26. The van der Waals surface area contributed by atoms with Crippen molar-refractivity contribution in [2.45, 2.75) is 20.3 Å². The zero-order valence-electron chi connectivity index (χ0n) is 13.9. The second-order valence-corrected chi connectivity index (χ2v) is 6.98. The fourth-order valence-corrected chi connectivity index (χ4v) is 3.59. The van der Waals surface area contributed by atoms with Crippen LogP contribution in [0.3, 0.4) is 0 Å². The molecule has 0 radical (unpaired) electrons. The van der Waals surface area contributed by atoms with Gasteiger partial charge in [0.15, 0.2) is 0 Å². The highest BCUT2D eigenvalue weighted by atomic mass is 32.1. The van der Waals surface area contributed by atoms with E-state index < -0.39 is 0 Å². The number of benzene rings is 1. The van der Waals surface area contributed by atoms with E-state index in [-0.39, 0.29) is 0 Å². The van der Waals surface area contributed by atoms with Crippen molar-refractivity contribution in [2.75, 3.05) is 39.5 Å². The van der Waals surface area contributed by atoms with E-state index in [9.17, 15) is 0 Å². The smallest absolute Gasteiger partial charge is 0.119 e. The van der Waals surface area contributed by atoms with E-state index in [1.54, 1.807) is 11.3 Å². The minimum absolute atomic E-state index is 0.717. The number of thiazole rings is 1. The Labute approximate surface area is 142 Å². The number of aryl methyl sites for hydroxylation is 2. The Hall–Kier alpha value is -1.43. The van der Waals surface area contributed by atoms with E-state index in [2.05, 4.69) is 30.9 Å². The lowest BCUT2D eigenvalue weighted by atomic mass is 10.1. The average Bonchev–Trinajstić information content (AvgIpc) is 2.97. The second-order valence-electron chi connectivity index (χ2n) is 5.69.